The number of hydrogen-bond donors (Lipinski definition) is 2. The van der Waals surface area contributed by atoms with Gasteiger partial charge in [0.1, 0.15) is 5.69 Å². The molecule has 0 aliphatic heterocycles. The highest BCUT2D eigenvalue weighted by atomic mass is 127. The average Bonchev–Trinajstić information content (AvgIpc) is 3.15. The highest BCUT2D eigenvalue weighted by Crippen LogP contribution is 2.13. The molecule has 156 valence electrons. The van der Waals surface area contributed by atoms with Crippen molar-refractivity contribution >= 4 is 29.9 Å². The molecular weight excluding hydrogens is 467 g/mol. The first-order valence-electron chi connectivity index (χ1n) is 9.87. The van der Waals surface area contributed by atoms with Crippen LogP contribution in [0.2, 0.25) is 0 Å². The van der Waals surface area contributed by atoms with E-state index in [1.165, 1.54) is 25.7 Å². The van der Waals surface area contributed by atoms with Crippen LogP contribution in [0.25, 0.3) is 11.6 Å². The lowest BCUT2D eigenvalue weighted by Crippen LogP contribution is -2.38. The normalized spacial score (nSPS) is 11.4. The summed E-state index contributed by atoms with van der Waals surface area (Å²) < 4.78 is 5.26. The highest BCUT2D eigenvalue weighted by Gasteiger charge is 2.09. The maximum atomic E-state index is 5.26. The van der Waals surface area contributed by atoms with E-state index in [2.05, 4.69) is 44.6 Å². The van der Waals surface area contributed by atoms with Crippen molar-refractivity contribution in [2.45, 2.75) is 52.4 Å². The molecule has 0 bridgehead atoms. The number of hydrogen-bond acceptors (Lipinski definition) is 5. The standard InChI is InChI=1S/C20H32N6O.HI/c1-16(2)10-6-4-5-8-14-23-20(21-3)24-15-12-18-25-19(27-26-18)17-11-7-9-13-22-17;/h7,9,11,13,16H,4-6,8,10,12,14-15H2,1-3H3,(H2,21,23,24);1H. The monoisotopic (exact) mass is 500 g/mol. The third-order valence-electron chi connectivity index (χ3n) is 4.22. The Morgan fingerprint density at radius 1 is 1.11 bits per heavy atom. The predicted octanol–water partition coefficient (Wildman–Crippen LogP) is 4.06. The van der Waals surface area contributed by atoms with Gasteiger partial charge in [-0.15, -0.1) is 24.0 Å². The van der Waals surface area contributed by atoms with Gasteiger partial charge in [0.05, 0.1) is 0 Å². The molecule has 0 aliphatic carbocycles. The molecule has 0 aromatic carbocycles. The van der Waals surface area contributed by atoms with Gasteiger partial charge in [0.2, 0.25) is 0 Å². The number of nitrogens with one attached hydrogen (secondary N) is 2. The lowest BCUT2D eigenvalue weighted by atomic mass is 10.0. The first-order valence-corrected chi connectivity index (χ1v) is 9.87. The van der Waals surface area contributed by atoms with Crippen molar-refractivity contribution in [1.29, 1.82) is 0 Å². The van der Waals surface area contributed by atoms with Crippen LogP contribution in [-0.4, -0.2) is 41.2 Å². The van der Waals surface area contributed by atoms with Crippen LogP contribution in [-0.2, 0) is 6.42 Å². The molecule has 0 spiro atoms. The van der Waals surface area contributed by atoms with Crippen LogP contribution in [0.15, 0.2) is 33.9 Å². The Morgan fingerprint density at radius 3 is 2.61 bits per heavy atom. The van der Waals surface area contributed by atoms with E-state index in [-0.39, 0.29) is 24.0 Å². The molecule has 2 heterocycles. The van der Waals surface area contributed by atoms with E-state index < -0.39 is 0 Å². The Labute approximate surface area is 185 Å². The van der Waals surface area contributed by atoms with Crippen LogP contribution in [0.4, 0.5) is 0 Å². The maximum Gasteiger partial charge on any atom is 0.276 e. The topological polar surface area (TPSA) is 88.2 Å². The number of halogens is 1. The van der Waals surface area contributed by atoms with E-state index in [4.69, 9.17) is 4.52 Å². The van der Waals surface area contributed by atoms with Crippen molar-refractivity contribution in [1.82, 2.24) is 25.8 Å². The average molecular weight is 500 g/mol. The minimum atomic E-state index is 0. The predicted molar refractivity (Wildman–Crippen MR) is 124 cm³/mol. The minimum Gasteiger partial charge on any atom is -0.356 e. The summed E-state index contributed by atoms with van der Waals surface area (Å²) in [6.45, 7) is 6.19. The molecule has 0 saturated heterocycles. The van der Waals surface area contributed by atoms with Crippen molar-refractivity contribution in [3.8, 4) is 11.6 Å². The van der Waals surface area contributed by atoms with Gasteiger partial charge in [0.25, 0.3) is 5.89 Å². The summed E-state index contributed by atoms with van der Waals surface area (Å²) in [5, 5.41) is 10.6. The van der Waals surface area contributed by atoms with E-state index in [9.17, 15) is 0 Å². The number of rotatable bonds is 11. The summed E-state index contributed by atoms with van der Waals surface area (Å²) in [5.41, 5.74) is 0.690. The van der Waals surface area contributed by atoms with Gasteiger partial charge < -0.3 is 15.2 Å². The molecular formula is C20H33IN6O. The second-order valence-corrected chi connectivity index (χ2v) is 7.00. The van der Waals surface area contributed by atoms with Gasteiger partial charge in [-0.25, -0.2) is 0 Å². The molecule has 8 heteroatoms. The molecule has 0 amide bonds. The van der Waals surface area contributed by atoms with Gasteiger partial charge >= 0.3 is 0 Å². The highest BCUT2D eigenvalue weighted by molar-refractivity contribution is 14.0. The molecule has 2 N–H and O–H groups in total. The second kappa shape index (κ2) is 14.3. The van der Waals surface area contributed by atoms with Crippen molar-refractivity contribution < 1.29 is 4.52 Å². The van der Waals surface area contributed by atoms with Crippen LogP contribution in [0.3, 0.4) is 0 Å². The van der Waals surface area contributed by atoms with Gasteiger partial charge in [-0.2, -0.15) is 4.98 Å². The van der Waals surface area contributed by atoms with Crippen LogP contribution in [0.5, 0.6) is 0 Å². The quantitative estimate of drug-likeness (QED) is 0.209. The molecule has 2 aromatic rings. The number of guanidine groups is 1. The summed E-state index contributed by atoms with van der Waals surface area (Å²) in [4.78, 5) is 12.8. The molecule has 2 rings (SSSR count). The third-order valence-corrected chi connectivity index (χ3v) is 4.22. The summed E-state index contributed by atoms with van der Waals surface area (Å²) in [6.07, 6.45) is 8.76. The molecule has 2 aromatic heterocycles. The largest absolute Gasteiger partial charge is 0.356 e. The van der Waals surface area contributed by atoms with E-state index in [0.29, 0.717) is 30.4 Å². The van der Waals surface area contributed by atoms with E-state index in [0.717, 1.165) is 24.8 Å². The summed E-state index contributed by atoms with van der Waals surface area (Å²) >= 11 is 0. The molecule has 0 fully saturated rings. The number of unbranched alkanes of at least 4 members (excludes halogenated alkanes) is 3. The van der Waals surface area contributed by atoms with Gasteiger partial charge in [0.15, 0.2) is 11.8 Å². The van der Waals surface area contributed by atoms with Crippen molar-refractivity contribution in [3.05, 3.63) is 30.2 Å². The fourth-order valence-corrected chi connectivity index (χ4v) is 2.70. The van der Waals surface area contributed by atoms with Gasteiger partial charge in [-0.1, -0.05) is 50.8 Å². The molecule has 0 saturated carbocycles. The Balaban J connectivity index is 0.00000392. The van der Waals surface area contributed by atoms with E-state index in [1.807, 2.05) is 18.2 Å². The number of aliphatic imine (C=N–C) groups is 1. The number of nitrogens with zero attached hydrogens (tertiary/aromatic N) is 4. The van der Waals surface area contributed by atoms with Crippen LogP contribution >= 0.6 is 24.0 Å². The Bertz CT molecular complexity index is 674. The van der Waals surface area contributed by atoms with Gasteiger partial charge in [-0.3, -0.25) is 9.98 Å². The van der Waals surface area contributed by atoms with Crippen molar-refractivity contribution in [2.75, 3.05) is 20.1 Å². The zero-order valence-electron chi connectivity index (χ0n) is 17.1. The van der Waals surface area contributed by atoms with Gasteiger partial charge in [-0.05, 0) is 24.5 Å². The SMILES string of the molecule is CN=C(NCCCCCCC(C)C)NCCc1noc(-c2ccccn2)n1.I. The molecule has 28 heavy (non-hydrogen) atoms. The second-order valence-electron chi connectivity index (χ2n) is 7.00. The third kappa shape index (κ3) is 9.48. The lowest BCUT2D eigenvalue weighted by molar-refractivity contribution is 0.421. The Kier molecular flexibility index (Phi) is 12.4. The first kappa shape index (κ1) is 24.3. The van der Waals surface area contributed by atoms with Crippen LogP contribution in [0.1, 0.15) is 51.8 Å². The summed E-state index contributed by atoms with van der Waals surface area (Å²) in [5.74, 6) is 2.73. The lowest BCUT2D eigenvalue weighted by Gasteiger charge is -2.11. The number of aromatic nitrogens is 3. The van der Waals surface area contributed by atoms with E-state index >= 15 is 0 Å². The smallest absolute Gasteiger partial charge is 0.276 e. The van der Waals surface area contributed by atoms with Crippen molar-refractivity contribution in [3.63, 3.8) is 0 Å². The van der Waals surface area contributed by atoms with Crippen molar-refractivity contribution in [2.24, 2.45) is 10.9 Å². The van der Waals surface area contributed by atoms with Crippen LogP contribution in [0, 0.1) is 5.92 Å². The summed E-state index contributed by atoms with van der Waals surface area (Å²) in [6, 6.07) is 5.60. The van der Waals surface area contributed by atoms with Crippen LogP contribution < -0.4 is 10.6 Å². The molecule has 0 atom stereocenters. The molecule has 0 aliphatic rings. The Morgan fingerprint density at radius 2 is 1.89 bits per heavy atom. The zero-order valence-corrected chi connectivity index (χ0v) is 19.5. The number of pyridine rings is 1. The fraction of sp³-hybridized carbons (Fsp3) is 0.600. The maximum absolute atomic E-state index is 5.26. The zero-order chi connectivity index (χ0) is 19.3. The minimum absolute atomic E-state index is 0. The molecule has 0 radical (unpaired) electrons. The first-order chi connectivity index (χ1) is 13.2. The Hall–Kier alpha value is -1.71. The van der Waals surface area contributed by atoms with Gasteiger partial charge in [0, 0.05) is 32.8 Å². The fourth-order valence-electron chi connectivity index (χ4n) is 2.70. The van der Waals surface area contributed by atoms with E-state index in [1.54, 1.807) is 13.2 Å². The molecule has 0 unspecified atom stereocenters. The molecule has 7 nitrogen and oxygen atoms in total. The summed E-state index contributed by atoms with van der Waals surface area (Å²) in [7, 11) is 1.78.